The van der Waals surface area contributed by atoms with Crippen LogP contribution in [0.5, 0.6) is 5.75 Å². The van der Waals surface area contributed by atoms with Crippen LogP contribution < -0.4 is 10.1 Å². The van der Waals surface area contributed by atoms with Gasteiger partial charge in [0.05, 0.1) is 9.50 Å². The van der Waals surface area contributed by atoms with Gasteiger partial charge in [0.15, 0.2) is 5.75 Å². The molecule has 0 saturated heterocycles. The molecule has 4 nitrogen and oxygen atoms in total. The standard InChI is InChI=1S/C23H15BrCl2N2O2/c24-19-11-15(10-17(13-27)23(29)28-18-7-2-1-3-8-18)12-21(26)22(19)30-14-16-6-4-5-9-20(16)25/h1-12H,14H2,(H,28,29)/b17-10-. The van der Waals surface area contributed by atoms with Crippen LogP contribution in [0.3, 0.4) is 0 Å². The van der Waals surface area contributed by atoms with Crippen molar-refractivity contribution < 1.29 is 9.53 Å². The SMILES string of the molecule is N#C/C(=C/c1cc(Cl)c(OCc2ccccc2Cl)c(Br)c1)C(=O)Nc1ccccc1. The molecule has 0 aliphatic heterocycles. The Morgan fingerprint density at radius 1 is 1.07 bits per heavy atom. The molecule has 0 aliphatic carbocycles. The van der Waals surface area contributed by atoms with E-state index in [0.717, 1.165) is 5.56 Å². The number of para-hydroxylation sites is 1. The van der Waals surface area contributed by atoms with Crippen LogP contribution in [0, 0.1) is 11.3 Å². The highest BCUT2D eigenvalue weighted by Gasteiger charge is 2.13. The van der Waals surface area contributed by atoms with Gasteiger partial charge in [-0.25, -0.2) is 0 Å². The Hall–Kier alpha value is -2.78. The van der Waals surface area contributed by atoms with Crippen LogP contribution in [0.1, 0.15) is 11.1 Å². The maximum atomic E-state index is 12.4. The molecule has 0 aliphatic rings. The monoisotopic (exact) mass is 500 g/mol. The first-order valence-corrected chi connectivity index (χ1v) is 10.4. The Bertz CT molecular complexity index is 1120. The molecule has 0 fully saturated rings. The average molecular weight is 502 g/mol. The van der Waals surface area contributed by atoms with Crippen LogP contribution in [-0.4, -0.2) is 5.91 Å². The van der Waals surface area contributed by atoms with Gasteiger partial charge in [-0.15, -0.1) is 0 Å². The lowest BCUT2D eigenvalue weighted by Gasteiger charge is -2.12. The van der Waals surface area contributed by atoms with E-state index in [4.69, 9.17) is 27.9 Å². The molecule has 0 saturated carbocycles. The molecule has 3 rings (SSSR count). The highest BCUT2D eigenvalue weighted by molar-refractivity contribution is 9.10. The van der Waals surface area contributed by atoms with Crippen LogP contribution in [0.15, 0.2) is 76.8 Å². The number of ether oxygens (including phenoxy) is 1. The van der Waals surface area contributed by atoms with E-state index in [-0.39, 0.29) is 12.2 Å². The molecule has 30 heavy (non-hydrogen) atoms. The summed E-state index contributed by atoms with van der Waals surface area (Å²) in [6.07, 6.45) is 1.47. The van der Waals surface area contributed by atoms with Crippen molar-refractivity contribution >= 4 is 56.8 Å². The molecular formula is C23H15BrCl2N2O2. The summed E-state index contributed by atoms with van der Waals surface area (Å²) in [6.45, 7) is 0.246. The van der Waals surface area contributed by atoms with E-state index in [1.54, 1.807) is 42.5 Å². The average Bonchev–Trinajstić information content (AvgIpc) is 2.73. The van der Waals surface area contributed by atoms with E-state index in [2.05, 4.69) is 21.2 Å². The van der Waals surface area contributed by atoms with E-state index >= 15 is 0 Å². The minimum Gasteiger partial charge on any atom is -0.486 e. The summed E-state index contributed by atoms with van der Waals surface area (Å²) < 4.78 is 6.41. The zero-order chi connectivity index (χ0) is 21.5. The minimum atomic E-state index is -0.505. The van der Waals surface area contributed by atoms with Crippen molar-refractivity contribution in [1.82, 2.24) is 0 Å². The number of carbonyl (C=O) groups excluding carboxylic acids is 1. The lowest BCUT2D eigenvalue weighted by Crippen LogP contribution is -2.13. The zero-order valence-electron chi connectivity index (χ0n) is 15.5. The molecule has 3 aromatic carbocycles. The molecule has 0 heterocycles. The fourth-order valence-corrected chi connectivity index (χ4v) is 3.78. The van der Waals surface area contributed by atoms with Crippen LogP contribution in [-0.2, 0) is 11.4 Å². The minimum absolute atomic E-state index is 0.0495. The Balaban J connectivity index is 1.78. The second-order valence-electron chi connectivity index (χ2n) is 6.18. The van der Waals surface area contributed by atoms with E-state index in [1.165, 1.54) is 6.08 Å². The number of halogens is 3. The van der Waals surface area contributed by atoms with Crippen LogP contribution in [0.4, 0.5) is 5.69 Å². The first kappa shape index (κ1) is 21.9. The topological polar surface area (TPSA) is 62.1 Å². The summed E-state index contributed by atoms with van der Waals surface area (Å²) in [4.78, 5) is 12.4. The van der Waals surface area contributed by atoms with Crippen LogP contribution in [0.25, 0.3) is 6.08 Å². The number of benzene rings is 3. The van der Waals surface area contributed by atoms with Crippen LogP contribution in [0.2, 0.25) is 10.0 Å². The first-order chi connectivity index (χ1) is 14.5. The zero-order valence-corrected chi connectivity index (χ0v) is 18.6. The number of nitrogens with one attached hydrogen (secondary N) is 1. The predicted molar refractivity (Wildman–Crippen MR) is 124 cm³/mol. The highest BCUT2D eigenvalue weighted by atomic mass is 79.9. The molecule has 7 heteroatoms. The van der Waals surface area contributed by atoms with Gasteiger partial charge in [0.2, 0.25) is 0 Å². The summed E-state index contributed by atoms with van der Waals surface area (Å²) in [7, 11) is 0. The summed E-state index contributed by atoms with van der Waals surface area (Å²) in [5, 5.41) is 13.0. The third-order valence-corrected chi connectivity index (χ3v) is 5.30. The smallest absolute Gasteiger partial charge is 0.266 e. The van der Waals surface area contributed by atoms with E-state index < -0.39 is 5.91 Å². The molecule has 1 amide bonds. The Morgan fingerprint density at radius 2 is 1.77 bits per heavy atom. The van der Waals surface area contributed by atoms with Crippen molar-refractivity contribution in [3.63, 3.8) is 0 Å². The number of anilines is 1. The van der Waals surface area contributed by atoms with E-state index in [0.29, 0.717) is 31.5 Å². The third kappa shape index (κ3) is 5.64. The molecule has 0 aromatic heterocycles. The van der Waals surface area contributed by atoms with Gasteiger partial charge in [-0.05, 0) is 57.9 Å². The number of nitriles is 1. The summed E-state index contributed by atoms with van der Waals surface area (Å²) >= 11 is 16.0. The number of rotatable bonds is 6. The number of amides is 1. The van der Waals surface area contributed by atoms with Crippen molar-refractivity contribution in [1.29, 1.82) is 5.26 Å². The van der Waals surface area contributed by atoms with Crippen molar-refractivity contribution in [3.8, 4) is 11.8 Å². The summed E-state index contributed by atoms with van der Waals surface area (Å²) in [5.41, 5.74) is 1.96. The molecule has 0 bridgehead atoms. The van der Waals surface area contributed by atoms with Gasteiger partial charge < -0.3 is 10.1 Å². The third-order valence-electron chi connectivity index (χ3n) is 4.06. The number of hydrogen-bond acceptors (Lipinski definition) is 3. The highest BCUT2D eigenvalue weighted by Crippen LogP contribution is 2.36. The molecule has 150 valence electrons. The second-order valence-corrected chi connectivity index (χ2v) is 7.85. The fourth-order valence-electron chi connectivity index (χ4n) is 2.60. The van der Waals surface area contributed by atoms with E-state index in [9.17, 15) is 10.1 Å². The van der Waals surface area contributed by atoms with Crippen LogP contribution >= 0.6 is 39.1 Å². The summed E-state index contributed by atoms with van der Waals surface area (Å²) in [5.74, 6) is -0.0593. The second kappa shape index (κ2) is 10.3. The van der Waals surface area contributed by atoms with Crippen molar-refractivity contribution in [3.05, 3.63) is 97.9 Å². The summed E-state index contributed by atoms with van der Waals surface area (Å²) in [6, 6.07) is 21.6. The number of carbonyl (C=O) groups is 1. The van der Waals surface area contributed by atoms with Gasteiger partial charge in [0, 0.05) is 16.3 Å². The number of hydrogen-bond donors (Lipinski definition) is 1. The van der Waals surface area contributed by atoms with Gasteiger partial charge in [0.1, 0.15) is 18.2 Å². The molecular weight excluding hydrogens is 487 g/mol. The molecule has 0 radical (unpaired) electrons. The number of nitrogens with zero attached hydrogens (tertiary/aromatic N) is 1. The molecule has 0 atom stereocenters. The quantitative estimate of drug-likeness (QED) is 0.295. The van der Waals surface area contributed by atoms with Gasteiger partial charge in [-0.2, -0.15) is 5.26 Å². The normalized spacial score (nSPS) is 10.9. The first-order valence-electron chi connectivity index (χ1n) is 8.81. The lowest BCUT2D eigenvalue weighted by molar-refractivity contribution is -0.112. The Kier molecular flexibility index (Phi) is 7.53. The Labute approximate surface area is 192 Å². The Morgan fingerprint density at radius 3 is 2.43 bits per heavy atom. The maximum Gasteiger partial charge on any atom is 0.266 e. The van der Waals surface area contributed by atoms with Gasteiger partial charge in [-0.3, -0.25) is 4.79 Å². The molecule has 3 aromatic rings. The maximum absolute atomic E-state index is 12.4. The van der Waals surface area contributed by atoms with Crippen molar-refractivity contribution in [2.45, 2.75) is 6.61 Å². The molecule has 1 N–H and O–H groups in total. The van der Waals surface area contributed by atoms with Gasteiger partial charge in [-0.1, -0.05) is 59.6 Å². The molecule has 0 spiro atoms. The predicted octanol–water partition coefficient (Wildman–Crippen LogP) is 6.88. The fraction of sp³-hybridized carbons (Fsp3) is 0.0435. The van der Waals surface area contributed by atoms with Crippen molar-refractivity contribution in [2.75, 3.05) is 5.32 Å². The van der Waals surface area contributed by atoms with Gasteiger partial charge in [0.25, 0.3) is 5.91 Å². The van der Waals surface area contributed by atoms with Gasteiger partial charge >= 0.3 is 0 Å². The molecule has 0 unspecified atom stereocenters. The lowest BCUT2D eigenvalue weighted by atomic mass is 10.1. The van der Waals surface area contributed by atoms with E-state index in [1.807, 2.05) is 30.3 Å². The van der Waals surface area contributed by atoms with Crippen molar-refractivity contribution in [2.24, 2.45) is 0 Å². The largest absolute Gasteiger partial charge is 0.486 e.